The van der Waals surface area contributed by atoms with Gasteiger partial charge in [-0.2, -0.15) is 0 Å². The quantitative estimate of drug-likeness (QED) is 0.838. The average molecular weight is 286 g/mol. The molecular formula is C11H14N2O3S2. The van der Waals surface area contributed by atoms with Crippen molar-refractivity contribution >= 4 is 21.4 Å². The first-order valence-electron chi connectivity index (χ1n) is 5.41. The highest BCUT2D eigenvalue weighted by molar-refractivity contribution is 7.91. The van der Waals surface area contributed by atoms with Crippen LogP contribution in [0.25, 0.3) is 0 Å². The minimum Gasteiger partial charge on any atom is -0.469 e. The van der Waals surface area contributed by atoms with E-state index in [1.165, 1.54) is 11.3 Å². The van der Waals surface area contributed by atoms with Crippen molar-refractivity contribution < 1.29 is 12.8 Å². The molecule has 0 unspecified atom stereocenters. The minimum atomic E-state index is -3.43. The van der Waals surface area contributed by atoms with Gasteiger partial charge in [-0.25, -0.2) is 13.1 Å². The molecule has 0 radical (unpaired) electrons. The fraction of sp³-hybridized carbons (Fsp3) is 0.273. The van der Waals surface area contributed by atoms with Crippen molar-refractivity contribution in [2.24, 2.45) is 5.73 Å². The SMILES string of the molecule is NCc1csc(S(=O)(=O)NCCc2ccco2)c1. The lowest BCUT2D eigenvalue weighted by molar-refractivity contribution is 0.506. The highest BCUT2D eigenvalue weighted by Gasteiger charge is 2.15. The van der Waals surface area contributed by atoms with Gasteiger partial charge in [-0.15, -0.1) is 11.3 Å². The van der Waals surface area contributed by atoms with E-state index < -0.39 is 10.0 Å². The largest absolute Gasteiger partial charge is 0.469 e. The molecule has 0 amide bonds. The van der Waals surface area contributed by atoms with Gasteiger partial charge in [0.2, 0.25) is 10.0 Å². The van der Waals surface area contributed by atoms with Gasteiger partial charge in [0.05, 0.1) is 6.26 Å². The molecule has 98 valence electrons. The number of thiophene rings is 1. The second-order valence-corrected chi connectivity index (χ2v) is 6.61. The van der Waals surface area contributed by atoms with E-state index in [9.17, 15) is 8.42 Å². The van der Waals surface area contributed by atoms with Crippen LogP contribution >= 0.6 is 11.3 Å². The van der Waals surface area contributed by atoms with Gasteiger partial charge in [0.25, 0.3) is 0 Å². The number of nitrogens with two attached hydrogens (primary N) is 1. The van der Waals surface area contributed by atoms with Gasteiger partial charge in [-0.3, -0.25) is 0 Å². The van der Waals surface area contributed by atoms with Gasteiger partial charge in [-0.1, -0.05) is 0 Å². The van der Waals surface area contributed by atoms with E-state index >= 15 is 0 Å². The summed E-state index contributed by atoms with van der Waals surface area (Å²) in [5.74, 6) is 0.756. The van der Waals surface area contributed by atoms with E-state index in [1.807, 2.05) is 6.07 Å². The molecule has 0 fully saturated rings. The maximum Gasteiger partial charge on any atom is 0.250 e. The molecule has 0 aliphatic carbocycles. The zero-order valence-electron chi connectivity index (χ0n) is 9.63. The van der Waals surface area contributed by atoms with Crippen LogP contribution in [0.2, 0.25) is 0 Å². The molecule has 0 atom stereocenters. The van der Waals surface area contributed by atoms with Crippen LogP contribution in [-0.4, -0.2) is 15.0 Å². The van der Waals surface area contributed by atoms with Gasteiger partial charge in [0.1, 0.15) is 9.97 Å². The molecule has 2 heterocycles. The molecule has 0 saturated heterocycles. The Morgan fingerprint density at radius 3 is 2.89 bits per heavy atom. The Bertz CT molecular complexity index is 588. The van der Waals surface area contributed by atoms with Crippen LogP contribution in [0.1, 0.15) is 11.3 Å². The number of furan rings is 1. The Morgan fingerprint density at radius 1 is 1.44 bits per heavy atom. The third kappa shape index (κ3) is 3.20. The molecule has 5 nitrogen and oxygen atoms in total. The monoisotopic (exact) mass is 286 g/mol. The van der Waals surface area contributed by atoms with E-state index in [-0.39, 0.29) is 0 Å². The summed E-state index contributed by atoms with van der Waals surface area (Å²) in [5, 5.41) is 1.75. The lowest BCUT2D eigenvalue weighted by Crippen LogP contribution is -2.25. The maximum atomic E-state index is 11.9. The maximum absolute atomic E-state index is 11.9. The fourth-order valence-corrected chi connectivity index (χ4v) is 3.73. The number of rotatable bonds is 6. The number of hydrogen-bond donors (Lipinski definition) is 2. The zero-order valence-corrected chi connectivity index (χ0v) is 11.3. The first-order valence-corrected chi connectivity index (χ1v) is 7.77. The van der Waals surface area contributed by atoms with Crippen LogP contribution in [0.3, 0.4) is 0 Å². The molecule has 0 bridgehead atoms. The standard InChI is InChI=1S/C11H14N2O3S2/c12-7-9-6-11(17-8-9)18(14,15)13-4-3-10-2-1-5-16-10/h1-2,5-6,8,13H,3-4,7,12H2. The number of nitrogens with one attached hydrogen (secondary N) is 1. The summed E-state index contributed by atoms with van der Waals surface area (Å²) in [7, 11) is -3.43. The Hall–Kier alpha value is -1.15. The van der Waals surface area contributed by atoms with Crippen LogP contribution in [-0.2, 0) is 23.0 Å². The third-order valence-electron chi connectivity index (χ3n) is 2.37. The smallest absolute Gasteiger partial charge is 0.250 e. The summed E-state index contributed by atoms with van der Waals surface area (Å²) in [6.45, 7) is 0.657. The molecule has 0 saturated carbocycles. The molecule has 0 aliphatic rings. The van der Waals surface area contributed by atoms with Crippen LogP contribution in [0.4, 0.5) is 0 Å². The zero-order chi connectivity index (χ0) is 13.0. The van der Waals surface area contributed by atoms with E-state index in [2.05, 4.69) is 4.72 Å². The summed E-state index contributed by atoms with van der Waals surface area (Å²) in [6, 6.07) is 5.18. The Kier molecular flexibility index (Phi) is 4.18. The van der Waals surface area contributed by atoms with Crippen molar-refractivity contribution in [1.29, 1.82) is 0 Å². The second kappa shape index (κ2) is 5.66. The Balaban J connectivity index is 1.95. The van der Waals surface area contributed by atoms with Crippen molar-refractivity contribution in [2.45, 2.75) is 17.2 Å². The van der Waals surface area contributed by atoms with Gasteiger partial charge >= 0.3 is 0 Å². The summed E-state index contributed by atoms with van der Waals surface area (Å²) >= 11 is 1.18. The normalized spacial score (nSPS) is 11.8. The number of sulfonamides is 1. The molecule has 2 aromatic rings. The van der Waals surface area contributed by atoms with Gasteiger partial charge in [0, 0.05) is 19.5 Å². The molecular weight excluding hydrogens is 272 g/mol. The summed E-state index contributed by atoms with van der Waals surface area (Å²) < 4.78 is 31.8. The molecule has 7 heteroatoms. The summed E-state index contributed by atoms with van der Waals surface area (Å²) in [5.41, 5.74) is 6.28. The van der Waals surface area contributed by atoms with Gasteiger partial charge in [-0.05, 0) is 29.1 Å². The van der Waals surface area contributed by atoms with Crippen molar-refractivity contribution in [3.63, 3.8) is 0 Å². The molecule has 2 rings (SSSR count). The number of hydrogen-bond acceptors (Lipinski definition) is 5. The van der Waals surface area contributed by atoms with Crippen LogP contribution < -0.4 is 10.5 Å². The Morgan fingerprint density at radius 2 is 2.28 bits per heavy atom. The molecule has 2 aromatic heterocycles. The van der Waals surface area contributed by atoms with Crippen molar-refractivity contribution in [2.75, 3.05) is 6.54 Å². The lowest BCUT2D eigenvalue weighted by atomic mass is 10.3. The molecule has 0 aromatic carbocycles. The Labute approximate surface area is 110 Å². The van der Waals surface area contributed by atoms with Crippen molar-refractivity contribution in [3.05, 3.63) is 41.2 Å². The predicted octanol–water partition coefficient (Wildman–Crippen LogP) is 1.32. The van der Waals surface area contributed by atoms with E-state index in [0.29, 0.717) is 23.7 Å². The first-order chi connectivity index (χ1) is 8.62. The fourth-order valence-electron chi connectivity index (χ4n) is 1.44. The molecule has 0 aliphatic heterocycles. The van der Waals surface area contributed by atoms with E-state index in [0.717, 1.165) is 11.3 Å². The van der Waals surface area contributed by atoms with Crippen LogP contribution in [0, 0.1) is 0 Å². The van der Waals surface area contributed by atoms with E-state index in [1.54, 1.807) is 23.8 Å². The lowest BCUT2D eigenvalue weighted by Gasteiger charge is -2.02. The first kappa shape index (κ1) is 13.3. The van der Waals surface area contributed by atoms with Gasteiger partial charge in [0.15, 0.2) is 0 Å². The second-order valence-electron chi connectivity index (χ2n) is 3.71. The minimum absolute atomic E-state index is 0.294. The molecule has 0 spiro atoms. The van der Waals surface area contributed by atoms with E-state index in [4.69, 9.17) is 10.2 Å². The van der Waals surface area contributed by atoms with Crippen LogP contribution in [0.5, 0.6) is 0 Å². The van der Waals surface area contributed by atoms with Crippen molar-refractivity contribution in [1.82, 2.24) is 4.72 Å². The topological polar surface area (TPSA) is 85.3 Å². The van der Waals surface area contributed by atoms with Crippen LogP contribution in [0.15, 0.2) is 38.5 Å². The third-order valence-corrected chi connectivity index (χ3v) is 5.32. The van der Waals surface area contributed by atoms with Crippen molar-refractivity contribution in [3.8, 4) is 0 Å². The summed E-state index contributed by atoms with van der Waals surface area (Å²) in [4.78, 5) is 0. The summed E-state index contributed by atoms with van der Waals surface area (Å²) in [6.07, 6.45) is 2.10. The molecule has 3 N–H and O–H groups in total. The highest BCUT2D eigenvalue weighted by Crippen LogP contribution is 2.19. The average Bonchev–Trinajstić information content (AvgIpc) is 2.99. The predicted molar refractivity (Wildman–Crippen MR) is 69.8 cm³/mol. The highest BCUT2D eigenvalue weighted by atomic mass is 32.2. The van der Waals surface area contributed by atoms with Gasteiger partial charge < -0.3 is 10.2 Å². The molecule has 18 heavy (non-hydrogen) atoms.